The Kier molecular flexibility index (Phi) is 7.73. The van der Waals surface area contributed by atoms with Crippen LogP contribution in [-0.4, -0.2) is 31.9 Å². The Morgan fingerprint density at radius 2 is 1.69 bits per heavy atom. The van der Waals surface area contributed by atoms with Gasteiger partial charge in [0.05, 0.1) is 19.8 Å². The van der Waals surface area contributed by atoms with E-state index < -0.39 is 11.9 Å². The van der Waals surface area contributed by atoms with Crippen LogP contribution in [0.4, 0.5) is 5.00 Å². The summed E-state index contributed by atoms with van der Waals surface area (Å²) in [4.78, 5) is 42.1. The first kappa shape index (κ1) is 28.0. The van der Waals surface area contributed by atoms with Crippen LogP contribution in [0.3, 0.4) is 0 Å². The number of thiophene rings is 1. The van der Waals surface area contributed by atoms with Crippen LogP contribution < -0.4 is 15.4 Å². The second-order valence-electron chi connectivity index (χ2n) is 11.1. The maximum absolute atomic E-state index is 14.2. The monoisotopic (exact) mass is 582 g/mol. The third-order valence-corrected chi connectivity index (χ3v) is 9.79. The highest BCUT2D eigenvalue weighted by Crippen LogP contribution is 2.46. The van der Waals surface area contributed by atoms with Crippen molar-refractivity contribution in [2.45, 2.75) is 57.3 Å². The zero-order valence-corrected chi connectivity index (χ0v) is 24.9. The zero-order chi connectivity index (χ0) is 29.4. The molecular formula is C34H34N2O5S. The van der Waals surface area contributed by atoms with Gasteiger partial charge in [-0.05, 0) is 73.8 Å². The number of allylic oxidation sites excluding steroid dienone is 3. The van der Waals surface area contributed by atoms with Crippen molar-refractivity contribution in [3.63, 3.8) is 0 Å². The molecule has 1 amide bonds. The van der Waals surface area contributed by atoms with E-state index in [1.54, 1.807) is 7.11 Å². The van der Waals surface area contributed by atoms with E-state index >= 15 is 0 Å². The molecule has 2 atom stereocenters. The minimum absolute atomic E-state index is 0.0225. The number of ether oxygens (including phenoxy) is 2. The number of hydrogen-bond acceptors (Lipinski definition) is 7. The van der Waals surface area contributed by atoms with Crippen LogP contribution in [-0.2, 0) is 27.2 Å². The number of Topliss-reactive ketones (excluding diaryl/α,β-unsaturated/α-hetero) is 1. The average molecular weight is 583 g/mol. The van der Waals surface area contributed by atoms with Gasteiger partial charge in [-0.3, -0.25) is 9.59 Å². The summed E-state index contributed by atoms with van der Waals surface area (Å²) < 4.78 is 10.4. The van der Waals surface area contributed by atoms with E-state index in [-0.39, 0.29) is 17.6 Å². The molecule has 0 radical (unpaired) electrons. The first-order valence-corrected chi connectivity index (χ1v) is 15.2. The molecule has 0 spiro atoms. The second-order valence-corrected chi connectivity index (χ2v) is 12.2. The number of carbonyl (C=O) groups excluding carboxylic acids is 3. The van der Waals surface area contributed by atoms with Gasteiger partial charge >= 0.3 is 5.97 Å². The van der Waals surface area contributed by atoms with Gasteiger partial charge in [0.15, 0.2) is 5.78 Å². The molecule has 3 aliphatic rings. The van der Waals surface area contributed by atoms with Gasteiger partial charge in [-0.25, -0.2) is 4.79 Å². The largest absolute Gasteiger partial charge is 0.497 e. The highest BCUT2D eigenvalue weighted by atomic mass is 32.1. The number of aryl methyl sites for hydroxylation is 1. The van der Waals surface area contributed by atoms with Crippen molar-refractivity contribution in [3.05, 3.63) is 104 Å². The molecule has 0 bridgehead atoms. The fourth-order valence-electron chi connectivity index (χ4n) is 6.57. The summed E-state index contributed by atoms with van der Waals surface area (Å²) in [5, 5.41) is 7.04. The molecule has 216 valence electrons. The number of dihydropyridines is 1. The van der Waals surface area contributed by atoms with E-state index in [0.29, 0.717) is 40.2 Å². The fraction of sp³-hybridized carbons (Fsp3) is 0.324. The molecule has 2 aromatic carbocycles. The molecule has 2 aliphatic carbocycles. The summed E-state index contributed by atoms with van der Waals surface area (Å²) in [7, 11) is 3.00. The van der Waals surface area contributed by atoms with Crippen LogP contribution in [0.5, 0.6) is 5.75 Å². The molecular weight excluding hydrogens is 548 g/mol. The lowest BCUT2D eigenvalue weighted by Gasteiger charge is -2.37. The summed E-state index contributed by atoms with van der Waals surface area (Å²) in [5.41, 5.74) is 6.08. The molecule has 7 nitrogen and oxygen atoms in total. The molecule has 0 fully saturated rings. The van der Waals surface area contributed by atoms with Crippen LogP contribution in [0.15, 0.2) is 77.1 Å². The first-order chi connectivity index (χ1) is 20.4. The molecule has 0 unspecified atom stereocenters. The number of rotatable bonds is 6. The van der Waals surface area contributed by atoms with Gasteiger partial charge in [-0.1, -0.05) is 42.5 Å². The lowest BCUT2D eigenvalue weighted by Crippen LogP contribution is -2.37. The topological polar surface area (TPSA) is 93.7 Å². The zero-order valence-electron chi connectivity index (χ0n) is 24.0. The minimum Gasteiger partial charge on any atom is -0.497 e. The molecule has 42 heavy (non-hydrogen) atoms. The number of fused-ring (bicyclic) bond motifs is 1. The molecule has 0 saturated carbocycles. The van der Waals surface area contributed by atoms with Gasteiger partial charge in [0.25, 0.3) is 5.91 Å². The molecule has 0 saturated heterocycles. The Labute approximate surface area is 249 Å². The molecule has 8 heteroatoms. The number of carbonyl (C=O) groups is 3. The maximum Gasteiger partial charge on any atom is 0.341 e. The number of methoxy groups -OCH3 is 2. The van der Waals surface area contributed by atoms with Crippen LogP contribution in [0.25, 0.3) is 0 Å². The summed E-state index contributed by atoms with van der Waals surface area (Å²) >= 11 is 1.46. The molecule has 3 aromatic rings. The molecule has 1 aliphatic heterocycles. The number of anilines is 1. The Morgan fingerprint density at radius 3 is 2.40 bits per heavy atom. The Bertz CT molecular complexity index is 1620. The van der Waals surface area contributed by atoms with Gasteiger partial charge in [0.2, 0.25) is 0 Å². The Morgan fingerprint density at radius 1 is 0.952 bits per heavy atom. The lowest BCUT2D eigenvalue weighted by molar-refractivity contribution is -0.116. The number of esters is 1. The van der Waals surface area contributed by atoms with E-state index in [9.17, 15) is 14.4 Å². The van der Waals surface area contributed by atoms with Crippen molar-refractivity contribution in [2.75, 3.05) is 19.5 Å². The predicted octanol–water partition coefficient (Wildman–Crippen LogP) is 6.42. The van der Waals surface area contributed by atoms with Crippen LogP contribution in [0.2, 0.25) is 0 Å². The van der Waals surface area contributed by atoms with Crippen molar-refractivity contribution in [2.24, 2.45) is 0 Å². The van der Waals surface area contributed by atoms with Crippen molar-refractivity contribution in [1.29, 1.82) is 0 Å². The first-order valence-electron chi connectivity index (χ1n) is 14.4. The Hall–Kier alpha value is -4.17. The third-order valence-electron chi connectivity index (χ3n) is 8.58. The molecule has 2 N–H and O–H groups in total. The number of amides is 1. The van der Waals surface area contributed by atoms with E-state index in [1.165, 1.54) is 18.4 Å². The summed E-state index contributed by atoms with van der Waals surface area (Å²) in [6.07, 6.45) is 4.75. The predicted molar refractivity (Wildman–Crippen MR) is 163 cm³/mol. The quantitative estimate of drug-likeness (QED) is 0.326. The number of ketones is 1. The number of hydrogen-bond donors (Lipinski definition) is 2. The molecule has 1 aromatic heterocycles. The average Bonchev–Trinajstić information content (AvgIpc) is 3.38. The van der Waals surface area contributed by atoms with Crippen LogP contribution in [0.1, 0.15) is 76.4 Å². The lowest BCUT2D eigenvalue weighted by atomic mass is 9.71. The van der Waals surface area contributed by atoms with Crippen molar-refractivity contribution < 1.29 is 23.9 Å². The van der Waals surface area contributed by atoms with Crippen molar-refractivity contribution in [1.82, 2.24) is 5.32 Å². The van der Waals surface area contributed by atoms with E-state index in [1.807, 2.05) is 61.5 Å². The fourth-order valence-corrected chi connectivity index (χ4v) is 7.85. The van der Waals surface area contributed by atoms with Gasteiger partial charge in [-0.15, -0.1) is 11.3 Å². The highest BCUT2D eigenvalue weighted by molar-refractivity contribution is 7.17. The highest BCUT2D eigenvalue weighted by Gasteiger charge is 2.41. The Balaban J connectivity index is 1.37. The number of benzene rings is 2. The van der Waals surface area contributed by atoms with E-state index in [4.69, 9.17) is 9.47 Å². The third kappa shape index (κ3) is 5.04. The van der Waals surface area contributed by atoms with Crippen molar-refractivity contribution in [3.8, 4) is 5.75 Å². The number of nitrogens with one attached hydrogen (secondary N) is 2. The van der Waals surface area contributed by atoms with Gasteiger partial charge in [0, 0.05) is 39.8 Å². The van der Waals surface area contributed by atoms with Gasteiger partial charge in [0.1, 0.15) is 10.8 Å². The van der Waals surface area contributed by atoms with Crippen LogP contribution in [0, 0.1) is 0 Å². The van der Waals surface area contributed by atoms with E-state index in [2.05, 4.69) is 10.6 Å². The smallest absolute Gasteiger partial charge is 0.341 e. The molecule has 6 rings (SSSR count). The summed E-state index contributed by atoms with van der Waals surface area (Å²) in [5.74, 6) is -0.463. The second kappa shape index (κ2) is 11.6. The van der Waals surface area contributed by atoms with E-state index in [0.717, 1.165) is 58.7 Å². The minimum atomic E-state index is -0.525. The van der Waals surface area contributed by atoms with Crippen LogP contribution >= 0.6 is 11.3 Å². The summed E-state index contributed by atoms with van der Waals surface area (Å²) in [6.45, 7) is 1.89. The van der Waals surface area contributed by atoms with Gasteiger partial charge < -0.3 is 20.1 Å². The SMILES string of the molecule is COC(=O)c1c(NC(=O)C2=C(C)NC3=C(C(=O)C[C@H](c4ccc(OC)cc4)C3)[C@@H]2c2ccccc2)sc2c1CCCC2. The molecule has 2 heterocycles. The maximum atomic E-state index is 14.2. The summed E-state index contributed by atoms with van der Waals surface area (Å²) in [6, 6.07) is 17.6. The van der Waals surface area contributed by atoms with Gasteiger partial charge in [-0.2, -0.15) is 0 Å². The standard InChI is InChI=1S/C34H34N2O5S/c1-19-28(32(38)36-33-30(34(39)41-3)24-11-7-8-12-27(24)42-33)29(21-9-5-4-6-10-21)31-25(35-19)17-22(18-26(31)37)20-13-15-23(40-2)16-14-20/h4-6,9-10,13-16,22,29,35H,7-8,11-12,17-18H2,1-3H3,(H,36,38)/t22-,29-/m1/s1. The normalized spacial score (nSPS) is 19.9. The van der Waals surface area contributed by atoms with Crippen molar-refractivity contribution >= 4 is 34.0 Å².